The van der Waals surface area contributed by atoms with Gasteiger partial charge in [-0.3, -0.25) is 9.59 Å². The van der Waals surface area contributed by atoms with Crippen LogP contribution < -0.4 is 5.56 Å². The normalized spacial score (nSPS) is 12.5. The fourth-order valence-corrected chi connectivity index (χ4v) is 4.58. The van der Waals surface area contributed by atoms with E-state index in [1.54, 1.807) is 24.3 Å². The Bertz CT molecular complexity index is 976. The predicted molar refractivity (Wildman–Crippen MR) is 106 cm³/mol. The van der Waals surface area contributed by atoms with Crippen LogP contribution >= 0.6 is 23.1 Å². The molecule has 3 aromatic rings. The lowest BCUT2D eigenvalue weighted by atomic mass is 10.2. The minimum atomic E-state index is -0.247. The summed E-state index contributed by atoms with van der Waals surface area (Å²) in [6.45, 7) is 6.23. The molecule has 3 heterocycles. The predicted octanol–water partition coefficient (Wildman–Crippen LogP) is 3.47. The standard InChI is InChI=1S/C18H21N3O3S2/c1-10-11(2)26-17-15(10)16(22)19-14(20-17)9-25-12(3)18(23)21(4)8-13-6-5-7-24-13/h5-7,12H,8-9H2,1-4H3,(H,19,20,22). The second kappa shape index (κ2) is 7.67. The van der Waals surface area contributed by atoms with Crippen molar-refractivity contribution in [1.29, 1.82) is 0 Å². The quantitative estimate of drug-likeness (QED) is 0.696. The van der Waals surface area contributed by atoms with Crippen LogP contribution in [0.3, 0.4) is 0 Å². The zero-order valence-corrected chi connectivity index (χ0v) is 16.8. The lowest BCUT2D eigenvalue weighted by Crippen LogP contribution is -2.32. The van der Waals surface area contributed by atoms with E-state index < -0.39 is 0 Å². The van der Waals surface area contributed by atoms with Gasteiger partial charge in [-0.2, -0.15) is 0 Å². The van der Waals surface area contributed by atoms with Gasteiger partial charge in [-0.25, -0.2) is 4.98 Å². The smallest absolute Gasteiger partial charge is 0.259 e. The van der Waals surface area contributed by atoms with Crippen molar-refractivity contribution in [2.75, 3.05) is 7.05 Å². The fraction of sp³-hybridized carbons (Fsp3) is 0.389. The van der Waals surface area contributed by atoms with Gasteiger partial charge in [0.25, 0.3) is 5.56 Å². The molecule has 0 saturated heterocycles. The molecule has 0 fully saturated rings. The highest BCUT2D eigenvalue weighted by atomic mass is 32.2. The average molecular weight is 392 g/mol. The van der Waals surface area contributed by atoms with Crippen LogP contribution in [0.25, 0.3) is 10.2 Å². The number of H-pyrrole nitrogens is 1. The van der Waals surface area contributed by atoms with Crippen molar-refractivity contribution in [3.63, 3.8) is 0 Å². The van der Waals surface area contributed by atoms with E-state index in [9.17, 15) is 9.59 Å². The first-order chi connectivity index (χ1) is 12.4. The van der Waals surface area contributed by atoms with E-state index in [4.69, 9.17) is 4.42 Å². The molecule has 1 amide bonds. The van der Waals surface area contributed by atoms with Crippen LogP contribution in [0.1, 0.15) is 28.9 Å². The molecule has 3 aromatic heterocycles. The van der Waals surface area contributed by atoms with E-state index in [1.807, 2.05) is 26.8 Å². The Morgan fingerprint density at radius 1 is 1.46 bits per heavy atom. The molecule has 0 radical (unpaired) electrons. The summed E-state index contributed by atoms with van der Waals surface area (Å²) in [6.07, 6.45) is 1.60. The van der Waals surface area contributed by atoms with Crippen molar-refractivity contribution in [3.8, 4) is 0 Å². The number of hydrogen-bond donors (Lipinski definition) is 1. The van der Waals surface area contributed by atoms with Crippen molar-refractivity contribution in [3.05, 3.63) is 50.8 Å². The molecule has 1 N–H and O–H groups in total. The molecule has 0 aliphatic rings. The molecule has 0 spiro atoms. The Morgan fingerprint density at radius 3 is 2.92 bits per heavy atom. The Morgan fingerprint density at radius 2 is 2.23 bits per heavy atom. The minimum Gasteiger partial charge on any atom is -0.467 e. The third kappa shape index (κ3) is 3.86. The number of nitrogens with one attached hydrogen (secondary N) is 1. The molecule has 0 aliphatic carbocycles. The van der Waals surface area contributed by atoms with Crippen molar-refractivity contribution in [2.24, 2.45) is 0 Å². The van der Waals surface area contributed by atoms with Crippen LogP contribution in [0, 0.1) is 13.8 Å². The summed E-state index contributed by atoms with van der Waals surface area (Å²) in [5.41, 5.74) is 0.877. The van der Waals surface area contributed by atoms with Crippen LogP contribution in [0.2, 0.25) is 0 Å². The summed E-state index contributed by atoms with van der Waals surface area (Å²) in [4.78, 5) is 35.7. The van der Waals surface area contributed by atoms with Gasteiger partial charge in [0.2, 0.25) is 5.91 Å². The van der Waals surface area contributed by atoms with E-state index in [0.29, 0.717) is 23.5 Å². The van der Waals surface area contributed by atoms with Gasteiger partial charge in [0, 0.05) is 11.9 Å². The van der Waals surface area contributed by atoms with Gasteiger partial charge < -0.3 is 14.3 Å². The maximum atomic E-state index is 12.5. The molecule has 138 valence electrons. The van der Waals surface area contributed by atoms with E-state index in [0.717, 1.165) is 21.0 Å². The topological polar surface area (TPSA) is 79.2 Å². The molecule has 3 rings (SSSR count). The number of thiophene rings is 1. The molecular formula is C18H21N3O3S2. The number of thioether (sulfide) groups is 1. The van der Waals surface area contributed by atoms with E-state index in [2.05, 4.69) is 9.97 Å². The highest BCUT2D eigenvalue weighted by molar-refractivity contribution is 7.99. The summed E-state index contributed by atoms with van der Waals surface area (Å²) in [5, 5.41) is 0.423. The number of hydrogen-bond acceptors (Lipinski definition) is 6. The molecule has 0 bridgehead atoms. The summed E-state index contributed by atoms with van der Waals surface area (Å²) in [6, 6.07) is 3.65. The number of nitrogens with zero attached hydrogens (tertiary/aromatic N) is 2. The van der Waals surface area contributed by atoms with Gasteiger partial charge in [-0.15, -0.1) is 23.1 Å². The third-order valence-corrected chi connectivity index (χ3v) is 6.50. The summed E-state index contributed by atoms with van der Waals surface area (Å²) < 4.78 is 5.28. The number of fused-ring (bicyclic) bond motifs is 1. The SMILES string of the molecule is Cc1sc2nc(CSC(C)C(=O)N(C)Cc3ccco3)[nH]c(=O)c2c1C. The monoisotopic (exact) mass is 391 g/mol. The van der Waals surface area contributed by atoms with Crippen molar-refractivity contribution < 1.29 is 9.21 Å². The van der Waals surface area contributed by atoms with E-state index in [1.165, 1.54) is 23.1 Å². The largest absolute Gasteiger partial charge is 0.467 e. The average Bonchev–Trinajstić information content (AvgIpc) is 3.20. The molecule has 0 saturated carbocycles. The Hall–Kier alpha value is -2.06. The molecule has 8 heteroatoms. The number of amides is 1. The Balaban J connectivity index is 1.65. The van der Waals surface area contributed by atoms with Crippen LogP contribution in [0.5, 0.6) is 0 Å². The van der Waals surface area contributed by atoms with Crippen LogP contribution in [0.4, 0.5) is 0 Å². The molecule has 1 unspecified atom stereocenters. The van der Waals surface area contributed by atoms with E-state index in [-0.39, 0.29) is 16.7 Å². The number of carbonyl (C=O) groups is 1. The van der Waals surface area contributed by atoms with Gasteiger partial charge in [0.05, 0.1) is 29.2 Å². The number of aryl methyl sites for hydroxylation is 2. The van der Waals surface area contributed by atoms with Crippen molar-refractivity contribution in [1.82, 2.24) is 14.9 Å². The van der Waals surface area contributed by atoms with Gasteiger partial charge in [-0.05, 0) is 38.5 Å². The van der Waals surface area contributed by atoms with Crippen LogP contribution in [0.15, 0.2) is 27.6 Å². The maximum Gasteiger partial charge on any atom is 0.259 e. The zero-order valence-electron chi connectivity index (χ0n) is 15.2. The molecule has 6 nitrogen and oxygen atoms in total. The first-order valence-corrected chi connectivity index (χ1v) is 10.1. The molecule has 26 heavy (non-hydrogen) atoms. The van der Waals surface area contributed by atoms with Gasteiger partial charge in [-0.1, -0.05) is 0 Å². The second-order valence-electron chi connectivity index (χ2n) is 6.20. The first-order valence-electron chi connectivity index (χ1n) is 8.24. The van der Waals surface area contributed by atoms with Crippen LogP contribution in [-0.4, -0.2) is 33.1 Å². The summed E-state index contributed by atoms with van der Waals surface area (Å²) in [5.74, 6) is 1.83. The number of aromatic amines is 1. The molecule has 0 aliphatic heterocycles. The highest BCUT2D eigenvalue weighted by Crippen LogP contribution is 2.26. The van der Waals surface area contributed by atoms with Gasteiger partial charge >= 0.3 is 0 Å². The molecular weight excluding hydrogens is 370 g/mol. The maximum absolute atomic E-state index is 12.5. The van der Waals surface area contributed by atoms with Crippen LogP contribution in [-0.2, 0) is 17.1 Å². The third-order valence-electron chi connectivity index (χ3n) is 4.26. The first kappa shape index (κ1) is 18.7. The Labute approximate surface area is 159 Å². The van der Waals surface area contributed by atoms with Crippen molar-refractivity contribution in [2.45, 2.75) is 38.3 Å². The number of carbonyl (C=O) groups excluding carboxylic acids is 1. The highest BCUT2D eigenvalue weighted by Gasteiger charge is 2.20. The van der Waals surface area contributed by atoms with Gasteiger partial charge in [0.1, 0.15) is 16.4 Å². The number of aromatic nitrogens is 2. The summed E-state index contributed by atoms with van der Waals surface area (Å²) >= 11 is 2.99. The zero-order chi connectivity index (χ0) is 18.8. The number of furan rings is 1. The molecule has 1 atom stereocenters. The van der Waals surface area contributed by atoms with E-state index >= 15 is 0 Å². The Kier molecular flexibility index (Phi) is 5.52. The minimum absolute atomic E-state index is 0.0117. The second-order valence-corrected chi connectivity index (χ2v) is 8.74. The number of rotatable bonds is 6. The summed E-state index contributed by atoms with van der Waals surface area (Å²) in [7, 11) is 1.76. The lowest BCUT2D eigenvalue weighted by molar-refractivity contribution is -0.129. The fourth-order valence-electron chi connectivity index (χ4n) is 2.67. The van der Waals surface area contributed by atoms with Crippen molar-refractivity contribution >= 4 is 39.2 Å². The van der Waals surface area contributed by atoms with Gasteiger partial charge in [0.15, 0.2) is 0 Å². The molecule has 0 aromatic carbocycles. The lowest BCUT2D eigenvalue weighted by Gasteiger charge is -2.20.